The molecule has 0 aliphatic carbocycles. The zero-order valence-corrected chi connectivity index (χ0v) is 17.7. The number of nitrogens with zero attached hydrogens (tertiary/aromatic N) is 3. The number of anilines is 1. The molecule has 3 aromatic rings. The van der Waals surface area contributed by atoms with Gasteiger partial charge < -0.3 is 14.8 Å². The molecule has 1 fully saturated rings. The summed E-state index contributed by atoms with van der Waals surface area (Å²) in [6.07, 6.45) is 0.967. The maximum atomic E-state index is 13.1. The maximum absolute atomic E-state index is 13.1. The second-order valence-corrected chi connectivity index (χ2v) is 9.67. The summed E-state index contributed by atoms with van der Waals surface area (Å²) in [5, 5.41) is 3.36. The van der Waals surface area contributed by atoms with Crippen molar-refractivity contribution in [1.82, 2.24) is 19.2 Å². The number of aromatic nitrogens is 2. The molecule has 1 amide bonds. The van der Waals surface area contributed by atoms with E-state index in [0.717, 1.165) is 16.9 Å². The number of para-hydroxylation sites is 1. The van der Waals surface area contributed by atoms with Crippen LogP contribution in [0, 0.1) is 6.92 Å². The third kappa shape index (κ3) is 2.96. The van der Waals surface area contributed by atoms with Crippen molar-refractivity contribution in [3.63, 3.8) is 0 Å². The number of carbonyl (C=O) groups excluding carboxylic acids is 1. The molecule has 1 saturated heterocycles. The van der Waals surface area contributed by atoms with Gasteiger partial charge in [0.2, 0.25) is 10.0 Å². The summed E-state index contributed by atoms with van der Waals surface area (Å²) in [5.74, 6) is 0.833. The first-order valence-corrected chi connectivity index (χ1v) is 11.4. The van der Waals surface area contributed by atoms with E-state index in [4.69, 9.17) is 0 Å². The third-order valence-corrected chi connectivity index (χ3v) is 7.73. The Morgan fingerprint density at radius 3 is 2.63 bits per heavy atom. The molecule has 1 spiro atoms. The SMILES string of the molecule is Cc1nc2cc(C(=O)N3CCC4(CC3)Nc3ccccc3S(=O)(=O)N4)ccc2n1C. The highest BCUT2D eigenvalue weighted by atomic mass is 32.2. The molecule has 2 N–H and O–H groups in total. The number of nitrogens with one attached hydrogen (secondary N) is 2. The van der Waals surface area contributed by atoms with E-state index >= 15 is 0 Å². The van der Waals surface area contributed by atoms with Gasteiger partial charge in [0.05, 0.1) is 16.7 Å². The van der Waals surface area contributed by atoms with Gasteiger partial charge in [-0.05, 0) is 37.3 Å². The predicted octanol–water partition coefficient (Wildman–Crippen LogP) is 2.22. The van der Waals surface area contributed by atoms with E-state index in [1.165, 1.54) is 0 Å². The van der Waals surface area contributed by atoms with Gasteiger partial charge >= 0.3 is 0 Å². The van der Waals surface area contributed by atoms with E-state index in [9.17, 15) is 13.2 Å². The Bertz CT molecular complexity index is 1270. The van der Waals surface area contributed by atoms with Crippen LogP contribution in [0.4, 0.5) is 5.69 Å². The van der Waals surface area contributed by atoms with Crippen LogP contribution in [0.25, 0.3) is 11.0 Å². The van der Waals surface area contributed by atoms with Gasteiger partial charge in [-0.3, -0.25) is 4.79 Å². The molecule has 2 aliphatic heterocycles. The lowest BCUT2D eigenvalue weighted by Crippen LogP contribution is -2.62. The fraction of sp³-hybridized carbons (Fsp3) is 0.333. The fourth-order valence-electron chi connectivity index (χ4n) is 4.35. The Kier molecular flexibility index (Phi) is 4.16. The molecule has 30 heavy (non-hydrogen) atoms. The van der Waals surface area contributed by atoms with Crippen LogP contribution in [-0.4, -0.2) is 47.5 Å². The zero-order chi connectivity index (χ0) is 21.1. The molecule has 156 valence electrons. The molecule has 2 aromatic carbocycles. The smallest absolute Gasteiger partial charge is 0.253 e. The molecule has 3 heterocycles. The van der Waals surface area contributed by atoms with Crippen LogP contribution in [0.1, 0.15) is 29.0 Å². The summed E-state index contributed by atoms with van der Waals surface area (Å²) in [4.78, 5) is 19.6. The van der Waals surface area contributed by atoms with Crippen LogP contribution >= 0.6 is 0 Å². The Labute approximate surface area is 174 Å². The van der Waals surface area contributed by atoms with E-state index in [-0.39, 0.29) is 10.8 Å². The van der Waals surface area contributed by atoms with Gasteiger partial charge in [0, 0.05) is 38.5 Å². The number of carbonyl (C=O) groups is 1. The Morgan fingerprint density at radius 2 is 1.87 bits per heavy atom. The van der Waals surface area contributed by atoms with Crippen LogP contribution < -0.4 is 10.0 Å². The second kappa shape index (κ2) is 6.55. The third-order valence-electron chi connectivity index (χ3n) is 6.14. The highest BCUT2D eigenvalue weighted by Gasteiger charge is 2.43. The van der Waals surface area contributed by atoms with E-state index in [0.29, 0.717) is 37.2 Å². The van der Waals surface area contributed by atoms with Crippen LogP contribution in [0.2, 0.25) is 0 Å². The first-order chi connectivity index (χ1) is 14.3. The standard InChI is InChI=1S/C21H23N5O3S/c1-14-22-17-13-15(7-8-18(17)25(14)2)20(27)26-11-9-21(10-12-26)23-16-5-3-4-6-19(16)30(28,29)24-21/h3-8,13,23-24H,9-12H2,1-2H3. The molecule has 2 aliphatic rings. The number of fused-ring (bicyclic) bond motifs is 2. The number of imidazole rings is 1. The molecule has 0 radical (unpaired) electrons. The van der Waals surface area contributed by atoms with E-state index in [1.807, 2.05) is 42.8 Å². The van der Waals surface area contributed by atoms with E-state index in [2.05, 4.69) is 15.0 Å². The number of sulfonamides is 1. The van der Waals surface area contributed by atoms with Gasteiger partial charge in [-0.15, -0.1) is 0 Å². The monoisotopic (exact) mass is 425 g/mol. The molecular formula is C21H23N5O3S. The Balaban J connectivity index is 1.36. The second-order valence-electron chi connectivity index (χ2n) is 8.02. The van der Waals surface area contributed by atoms with Crippen molar-refractivity contribution >= 4 is 32.7 Å². The summed E-state index contributed by atoms with van der Waals surface area (Å²) in [6, 6.07) is 12.5. The number of hydrogen-bond donors (Lipinski definition) is 2. The fourth-order valence-corrected chi connectivity index (χ4v) is 5.90. The van der Waals surface area contributed by atoms with Crippen LogP contribution in [0.3, 0.4) is 0 Å². The quantitative estimate of drug-likeness (QED) is 0.623. The van der Waals surface area contributed by atoms with Crippen molar-refractivity contribution in [3.8, 4) is 0 Å². The molecule has 1 aromatic heterocycles. The van der Waals surface area contributed by atoms with Gasteiger partial charge in [0.25, 0.3) is 5.91 Å². The summed E-state index contributed by atoms with van der Waals surface area (Å²) in [7, 11) is -1.64. The van der Waals surface area contributed by atoms with Gasteiger partial charge in [0.1, 0.15) is 16.4 Å². The molecule has 0 saturated carbocycles. The van der Waals surface area contributed by atoms with Crippen molar-refractivity contribution < 1.29 is 13.2 Å². The number of amides is 1. The van der Waals surface area contributed by atoms with Gasteiger partial charge in [0.15, 0.2) is 0 Å². The average molecular weight is 426 g/mol. The van der Waals surface area contributed by atoms with Crippen molar-refractivity contribution in [2.24, 2.45) is 7.05 Å². The number of benzene rings is 2. The Hall–Kier alpha value is -2.91. The minimum Gasteiger partial charge on any atom is -0.365 e. The van der Waals surface area contributed by atoms with E-state index < -0.39 is 15.7 Å². The highest BCUT2D eigenvalue weighted by molar-refractivity contribution is 7.89. The minimum atomic E-state index is -3.59. The summed E-state index contributed by atoms with van der Waals surface area (Å²) < 4.78 is 30.2. The molecule has 9 heteroatoms. The largest absolute Gasteiger partial charge is 0.365 e. The minimum absolute atomic E-state index is 0.0610. The zero-order valence-electron chi connectivity index (χ0n) is 16.8. The normalized spacial score (nSPS) is 19.5. The van der Waals surface area contributed by atoms with Gasteiger partial charge in [-0.25, -0.2) is 13.4 Å². The molecule has 8 nitrogen and oxygen atoms in total. The van der Waals surface area contributed by atoms with Crippen LogP contribution in [-0.2, 0) is 17.1 Å². The van der Waals surface area contributed by atoms with Crippen molar-refractivity contribution in [2.75, 3.05) is 18.4 Å². The van der Waals surface area contributed by atoms with Crippen molar-refractivity contribution in [2.45, 2.75) is 30.3 Å². The predicted molar refractivity (Wildman–Crippen MR) is 114 cm³/mol. The topological polar surface area (TPSA) is 96.3 Å². The van der Waals surface area contributed by atoms with Gasteiger partial charge in [-0.2, -0.15) is 4.72 Å². The van der Waals surface area contributed by atoms with Gasteiger partial charge in [-0.1, -0.05) is 12.1 Å². The lowest BCUT2D eigenvalue weighted by Gasteiger charge is -2.45. The molecule has 0 bridgehead atoms. The number of rotatable bonds is 1. The lowest BCUT2D eigenvalue weighted by atomic mass is 9.96. The molecule has 5 rings (SSSR count). The number of piperidine rings is 1. The maximum Gasteiger partial charge on any atom is 0.253 e. The molecule has 0 unspecified atom stereocenters. The lowest BCUT2D eigenvalue weighted by molar-refractivity contribution is 0.0676. The van der Waals surface area contributed by atoms with Crippen LogP contribution in [0.15, 0.2) is 47.4 Å². The number of aryl methyl sites for hydroxylation is 2. The summed E-state index contributed by atoms with van der Waals surface area (Å²) in [6.45, 7) is 2.84. The highest BCUT2D eigenvalue weighted by Crippen LogP contribution is 2.35. The van der Waals surface area contributed by atoms with Crippen molar-refractivity contribution in [3.05, 3.63) is 53.9 Å². The summed E-state index contributed by atoms with van der Waals surface area (Å²) in [5.41, 5.74) is 2.21. The molecular weight excluding hydrogens is 402 g/mol. The number of hydrogen-bond acceptors (Lipinski definition) is 5. The van der Waals surface area contributed by atoms with Crippen molar-refractivity contribution in [1.29, 1.82) is 0 Å². The van der Waals surface area contributed by atoms with E-state index in [1.54, 1.807) is 23.1 Å². The average Bonchev–Trinajstić information content (AvgIpc) is 3.00. The first kappa shape index (κ1) is 19.1. The molecule has 0 atom stereocenters. The van der Waals surface area contributed by atoms with Crippen LogP contribution in [0.5, 0.6) is 0 Å². The summed E-state index contributed by atoms with van der Waals surface area (Å²) >= 11 is 0. The Morgan fingerprint density at radius 1 is 1.13 bits per heavy atom. The number of likely N-dealkylation sites (tertiary alicyclic amines) is 1. The first-order valence-electron chi connectivity index (χ1n) is 9.92.